The maximum absolute atomic E-state index is 5.48. The number of hydrogen-bond donors (Lipinski definition) is 1. The van der Waals surface area contributed by atoms with Crippen molar-refractivity contribution in [1.29, 1.82) is 0 Å². The first-order valence-electron chi connectivity index (χ1n) is 10.6. The zero-order valence-electron chi connectivity index (χ0n) is 17.6. The fourth-order valence-electron chi connectivity index (χ4n) is 3.59. The molecule has 158 valence electrons. The third-order valence-electron chi connectivity index (χ3n) is 5.14. The monoisotopic (exact) mass is 422 g/mol. The first-order valence-corrected chi connectivity index (χ1v) is 10.6. The van der Waals surface area contributed by atoms with Crippen molar-refractivity contribution >= 4 is 16.7 Å². The van der Waals surface area contributed by atoms with Crippen LogP contribution in [0.4, 0.5) is 5.82 Å². The number of anilines is 1. The van der Waals surface area contributed by atoms with Gasteiger partial charge in [0.15, 0.2) is 11.6 Å². The normalized spacial score (nSPS) is 12.0. The molecular weight excluding hydrogens is 400 g/mol. The number of pyridine rings is 1. The van der Waals surface area contributed by atoms with E-state index in [2.05, 4.69) is 27.4 Å². The summed E-state index contributed by atoms with van der Waals surface area (Å²) in [6.45, 7) is 2.09. The molecule has 7 nitrogen and oxygen atoms in total. The number of fused-ring (bicyclic) bond motifs is 1. The minimum atomic E-state index is -0.328. The number of benzene rings is 2. The smallest absolute Gasteiger partial charge is 0.226 e. The molecular formula is C25H22N6O. The van der Waals surface area contributed by atoms with Gasteiger partial charge in [-0.25, -0.2) is 9.97 Å². The van der Waals surface area contributed by atoms with Gasteiger partial charge in [-0.05, 0) is 36.2 Å². The van der Waals surface area contributed by atoms with Crippen LogP contribution in [0.25, 0.3) is 22.3 Å². The molecule has 32 heavy (non-hydrogen) atoms. The molecule has 0 spiro atoms. The van der Waals surface area contributed by atoms with Gasteiger partial charge in [0.25, 0.3) is 0 Å². The molecule has 5 rings (SSSR count). The van der Waals surface area contributed by atoms with Crippen molar-refractivity contribution in [2.24, 2.45) is 0 Å². The van der Waals surface area contributed by atoms with Gasteiger partial charge in [0.1, 0.15) is 11.9 Å². The largest absolute Gasteiger partial charge is 0.355 e. The molecule has 2 aromatic carbocycles. The number of nitrogens with one attached hydrogen (secondary N) is 1. The molecule has 1 unspecified atom stereocenters. The van der Waals surface area contributed by atoms with Crippen molar-refractivity contribution in [3.63, 3.8) is 0 Å². The van der Waals surface area contributed by atoms with Gasteiger partial charge in [0.05, 0.1) is 5.52 Å². The Kier molecular flexibility index (Phi) is 5.53. The summed E-state index contributed by atoms with van der Waals surface area (Å²) in [5.41, 5.74) is 2.71. The van der Waals surface area contributed by atoms with Gasteiger partial charge >= 0.3 is 0 Å². The maximum Gasteiger partial charge on any atom is 0.226 e. The van der Waals surface area contributed by atoms with E-state index < -0.39 is 0 Å². The van der Waals surface area contributed by atoms with E-state index in [4.69, 9.17) is 14.5 Å². The fourth-order valence-corrected chi connectivity index (χ4v) is 3.59. The molecule has 0 fully saturated rings. The Labute approximate surface area is 185 Å². The molecule has 0 aliphatic heterocycles. The second-order valence-electron chi connectivity index (χ2n) is 7.44. The Hall–Kier alpha value is -4.13. The summed E-state index contributed by atoms with van der Waals surface area (Å²) < 4.78 is 5.48. The van der Waals surface area contributed by atoms with Gasteiger partial charge < -0.3 is 9.84 Å². The Bertz CT molecular complexity index is 1320. The van der Waals surface area contributed by atoms with Gasteiger partial charge in [0.2, 0.25) is 5.89 Å². The Morgan fingerprint density at radius 1 is 0.906 bits per heavy atom. The van der Waals surface area contributed by atoms with Crippen LogP contribution in [0.15, 0.2) is 83.6 Å². The van der Waals surface area contributed by atoms with Crippen LogP contribution < -0.4 is 5.32 Å². The number of aryl methyl sites for hydroxylation is 1. The highest BCUT2D eigenvalue weighted by Gasteiger charge is 2.22. The zero-order valence-corrected chi connectivity index (χ0v) is 17.6. The van der Waals surface area contributed by atoms with E-state index in [1.807, 2.05) is 66.7 Å². The summed E-state index contributed by atoms with van der Waals surface area (Å²) in [5.74, 6) is 2.51. The lowest BCUT2D eigenvalue weighted by Crippen LogP contribution is -2.16. The van der Waals surface area contributed by atoms with Crippen LogP contribution in [-0.4, -0.2) is 25.1 Å². The molecule has 1 atom stereocenters. The lowest BCUT2D eigenvalue weighted by atomic mass is 10.1. The van der Waals surface area contributed by atoms with Crippen LogP contribution in [0.2, 0.25) is 0 Å². The van der Waals surface area contributed by atoms with E-state index in [1.165, 1.54) is 0 Å². The van der Waals surface area contributed by atoms with Crippen LogP contribution in [0, 0.1) is 0 Å². The molecule has 0 saturated carbocycles. The fraction of sp³-hybridized carbons (Fsp3) is 0.160. The van der Waals surface area contributed by atoms with E-state index in [9.17, 15) is 0 Å². The second kappa shape index (κ2) is 8.93. The lowest BCUT2D eigenvalue weighted by molar-refractivity contribution is 0.371. The van der Waals surface area contributed by atoms with Gasteiger partial charge in [-0.2, -0.15) is 4.98 Å². The quantitative estimate of drug-likeness (QED) is 0.384. The molecule has 0 bridgehead atoms. The van der Waals surface area contributed by atoms with Crippen LogP contribution in [0.5, 0.6) is 0 Å². The molecule has 0 aliphatic carbocycles. The van der Waals surface area contributed by atoms with Crippen LogP contribution >= 0.6 is 0 Å². The van der Waals surface area contributed by atoms with E-state index in [0.717, 1.165) is 34.9 Å². The molecule has 0 saturated heterocycles. The molecule has 0 amide bonds. The highest BCUT2D eigenvalue weighted by molar-refractivity contribution is 5.90. The van der Waals surface area contributed by atoms with Crippen molar-refractivity contribution in [2.45, 2.75) is 25.8 Å². The molecule has 7 heteroatoms. The van der Waals surface area contributed by atoms with Crippen molar-refractivity contribution in [3.05, 3.63) is 96.4 Å². The highest BCUT2D eigenvalue weighted by atomic mass is 16.5. The van der Waals surface area contributed by atoms with Crippen LogP contribution in [-0.2, 0) is 6.42 Å². The molecule has 0 aliphatic rings. The van der Waals surface area contributed by atoms with Gasteiger partial charge in [0, 0.05) is 29.8 Å². The lowest BCUT2D eigenvalue weighted by Gasteiger charge is -2.18. The Morgan fingerprint density at radius 2 is 1.75 bits per heavy atom. The van der Waals surface area contributed by atoms with Crippen LogP contribution in [0.1, 0.15) is 36.7 Å². The Balaban J connectivity index is 1.62. The molecule has 5 aromatic rings. The van der Waals surface area contributed by atoms with E-state index in [-0.39, 0.29) is 6.04 Å². The number of hydrogen-bond acceptors (Lipinski definition) is 7. The first-order chi connectivity index (χ1) is 15.8. The highest BCUT2D eigenvalue weighted by Crippen LogP contribution is 2.30. The summed E-state index contributed by atoms with van der Waals surface area (Å²) >= 11 is 0. The Morgan fingerprint density at radius 3 is 2.56 bits per heavy atom. The van der Waals surface area contributed by atoms with Crippen molar-refractivity contribution in [1.82, 2.24) is 25.1 Å². The average Bonchev–Trinajstić information content (AvgIpc) is 3.32. The van der Waals surface area contributed by atoms with Gasteiger partial charge in [-0.15, -0.1) is 0 Å². The predicted molar refractivity (Wildman–Crippen MR) is 123 cm³/mol. The second-order valence-corrected chi connectivity index (χ2v) is 7.44. The zero-order chi connectivity index (χ0) is 21.8. The third kappa shape index (κ3) is 4.05. The summed E-state index contributed by atoms with van der Waals surface area (Å²) in [4.78, 5) is 18.5. The number of rotatable bonds is 7. The van der Waals surface area contributed by atoms with E-state index >= 15 is 0 Å². The summed E-state index contributed by atoms with van der Waals surface area (Å²) in [5, 5.41) is 8.75. The SMILES string of the molecule is CCCc1nc(C(Nc2nc(-c3cccnc3)nc3ccccc23)c2ccccc2)no1. The predicted octanol–water partition coefficient (Wildman–Crippen LogP) is 5.23. The summed E-state index contributed by atoms with van der Waals surface area (Å²) in [6, 6.07) is 21.5. The minimum absolute atomic E-state index is 0.328. The molecule has 3 aromatic heterocycles. The number of nitrogens with zero attached hydrogens (tertiary/aromatic N) is 5. The topological polar surface area (TPSA) is 89.6 Å². The standard InChI is InChI=1S/C25H22N6O/c1-2-9-21-28-25(31-32-21)22(17-10-4-3-5-11-17)29-24-19-13-6-7-14-20(19)27-23(30-24)18-12-8-15-26-16-18/h3-8,10-16,22H,2,9H2,1H3,(H,27,29,30). The number of para-hydroxylation sites is 1. The summed E-state index contributed by atoms with van der Waals surface area (Å²) in [6.07, 6.45) is 5.18. The van der Waals surface area contributed by atoms with Crippen molar-refractivity contribution < 1.29 is 4.52 Å². The van der Waals surface area contributed by atoms with E-state index in [1.54, 1.807) is 12.4 Å². The van der Waals surface area contributed by atoms with Crippen molar-refractivity contribution in [2.75, 3.05) is 5.32 Å². The average molecular weight is 422 g/mol. The molecule has 1 N–H and O–H groups in total. The number of aromatic nitrogens is 5. The minimum Gasteiger partial charge on any atom is -0.355 e. The van der Waals surface area contributed by atoms with E-state index in [0.29, 0.717) is 23.4 Å². The van der Waals surface area contributed by atoms with Gasteiger partial charge in [-0.1, -0.05) is 54.5 Å². The van der Waals surface area contributed by atoms with Crippen LogP contribution in [0.3, 0.4) is 0 Å². The summed E-state index contributed by atoms with van der Waals surface area (Å²) in [7, 11) is 0. The molecule has 0 radical (unpaired) electrons. The molecule has 3 heterocycles. The third-order valence-corrected chi connectivity index (χ3v) is 5.14. The van der Waals surface area contributed by atoms with Gasteiger partial charge in [-0.3, -0.25) is 4.98 Å². The van der Waals surface area contributed by atoms with Crippen molar-refractivity contribution in [3.8, 4) is 11.4 Å². The maximum atomic E-state index is 5.48. The first kappa shape index (κ1) is 19.8.